The molecule has 2 aromatic carbocycles. The normalized spacial score (nSPS) is 10.4. The van der Waals surface area contributed by atoms with Crippen molar-refractivity contribution in [3.8, 4) is 5.75 Å². The molecule has 0 aliphatic heterocycles. The third-order valence-corrected chi connectivity index (χ3v) is 4.28. The van der Waals surface area contributed by atoms with Crippen LogP contribution in [0.1, 0.15) is 28.4 Å². The monoisotopic (exact) mass is 391 g/mol. The van der Waals surface area contributed by atoms with E-state index in [1.807, 2.05) is 61.5 Å². The van der Waals surface area contributed by atoms with Crippen molar-refractivity contribution in [2.24, 2.45) is 0 Å². The van der Waals surface area contributed by atoms with E-state index in [2.05, 4.69) is 10.3 Å². The number of carbonyl (C=O) groups excluding carboxylic acids is 1. The first-order chi connectivity index (χ1) is 14.2. The van der Waals surface area contributed by atoms with Crippen LogP contribution in [0.15, 0.2) is 72.9 Å². The summed E-state index contributed by atoms with van der Waals surface area (Å²) in [5, 5.41) is 4.47. The first kappa shape index (κ1) is 20.4. The Morgan fingerprint density at radius 2 is 1.76 bits per heavy atom. The molecule has 0 unspecified atom stereocenters. The van der Waals surface area contributed by atoms with Crippen molar-refractivity contribution in [2.45, 2.75) is 20.1 Å². The second kappa shape index (κ2) is 10.2. The van der Waals surface area contributed by atoms with Gasteiger partial charge >= 0.3 is 0 Å². The highest BCUT2D eigenvalue weighted by Gasteiger charge is 2.08. The van der Waals surface area contributed by atoms with Gasteiger partial charge in [0.1, 0.15) is 12.4 Å². The van der Waals surface area contributed by atoms with Crippen molar-refractivity contribution in [2.75, 3.05) is 18.7 Å². The second-order valence-corrected chi connectivity index (χ2v) is 6.42. The average molecular weight is 391 g/mol. The average Bonchev–Trinajstić information content (AvgIpc) is 2.78. The summed E-state index contributed by atoms with van der Waals surface area (Å²) < 4.78 is 5.78. The van der Waals surface area contributed by atoms with Gasteiger partial charge in [-0.3, -0.25) is 9.63 Å². The molecule has 0 saturated heterocycles. The molecule has 6 heteroatoms. The molecule has 1 aromatic heterocycles. The maximum atomic E-state index is 12.3. The zero-order valence-corrected chi connectivity index (χ0v) is 16.7. The van der Waals surface area contributed by atoms with E-state index in [-0.39, 0.29) is 5.91 Å². The Labute approximate surface area is 171 Å². The fraction of sp³-hybridized carbons (Fsp3) is 0.217. The molecule has 29 heavy (non-hydrogen) atoms. The quantitative estimate of drug-likeness (QED) is 0.559. The molecular formula is C23H25N3O3. The molecule has 0 fully saturated rings. The van der Waals surface area contributed by atoms with Gasteiger partial charge in [0.15, 0.2) is 5.82 Å². The molecule has 0 bridgehead atoms. The number of pyridine rings is 1. The van der Waals surface area contributed by atoms with Crippen LogP contribution in [-0.2, 0) is 18.0 Å². The Morgan fingerprint density at radius 3 is 2.41 bits per heavy atom. The maximum absolute atomic E-state index is 12.3. The Balaban J connectivity index is 1.48. The Kier molecular flexibility index (Phi) is 7.19. The van der Waals surface area contributed by atoms with Gasteiger partial charge in [0, 0.05) is 19.8 Å². The van der Waals surface area contributed by atoms with Gasteiger partial charge in [-0.1, -0.05) is 42.5 Å². The first-order valence-electron chi connectivity index (χ1n) is 9.52. The number of rotatable bonds is 9. The smallest absolute Gasteiger partial charge is 0.253 e. The molecule has 3 aromatic rings. The fourth-order valence-electron chi connectivity index (χ4n) is 2.70. The van der Waals surface area contributed by atoms with E-state index in [1.54, 1.807) is 30.4 Å². The molecule has 1 heterocycles. The minimum Gasteiger partial charge on any atom is -0.489 e. The number of aromatic nitrogens is 1. The molecule has 0 aliphatic rings. The van der Waals surface area contributed by atoms with Crippen molar-refractivity contribution in [3.05, 3.63) is 89.6 Å². The molecule has 1 amide bonds. The molecule has 1 N–H and O–H groups in total. The summed E-state index contributed by atoms with van der Waals surface area (Å²) in [5.74, 6) is 1.27. The third-order valence-electron chi connectivity index (χ3n) is 4.28. The molecular weight excluding hydrogens is 366 g/mol. The van der Waals surface area contributed by atoms with Gasteiger partial charge in [0.05, 0.1) is 12.2 Å². The van der Waals surface area contributed by atoms with Gasteiger partial charge in [0.25, 0.3) is 5.91 Å². The lowest BCUT2D eigenvalue weighted by molar-refractivity contribution is 0.0950. The van der Waals surface area contributed by atoms with Crippen LogP contribution in [0.2, 0.25) is 0 Å². The zero-order chi connectivity index (χ0) is 20.5. The van der Waals surface area contributed by atoms with Gasteiger partial charge in [0.2, 0.25) is 0 Å². The Morgan fingerprint density at radius 1 is 1.00 bits per heavy atom. The SMILES string of the molecule is CCON(C)c1ccc(C(=O)NCc2ccc(OCc3ccccc3)cc2)cn1. The summed E-state index contributed by atoms with van der Waals surface area (Å²) in [7, 11) is 1.78. The summed E-state index contributed by atoms with van der Waals surface area (Å²) in [6.45, 7) is 3.41. The minimum atomic E-state index is -0.174. The molecule has 150 valence electrons. The second-order valence-electron chi connectivity index (χ2n) is 6.42. The van der Waals surface area contributed by atoms with Gasteiger partial charge in [-0.25, -0.2) is 10.0 Å². The number of nitrogens with zero attached hydrogens (tertiary/aromatic N) is 2. The van der Waals surface area contributed by atoms with Crippen molar-refractivity contribution >= 4 is 11.7 Å². The van der Waals surface area contributed by atoms with E-state index in [1.165, 1.54) is 0 Å². The van der Waals surface area contributed by atoms with Crippen LogP contribution >= 0.6 is 0 Å². The molecule has 0 saturated carbocycles. The number of carbonyl (C=O) groups is 1. The van der Waals surface area contributed by atoms with Gasteiger partial charge in [-0.05, 0) is 42.3 Å². The predicted octanol–water partition coefficient (Wildman–Crippen LogP) is 3.98. The topological polar surface area (TPSA) is 63.7 Å². The van der Waals surface area contributed by atoms with Crippen LogP contribution in [-0.4, -0.2) is 24.5 Å². The number of hydrogen-bond donors (Lipinski definition) is 1. The number of hydroxylamine groups is 1. The van der Waals surface area contributed by atoms with E-state index in [4.69, 9.17) is 9.57 Å². The number of anilines is 1. The number of ether oxygens (including phenoxy) is 1. The van der Waals surface area contributed by atoms with Crippen molar-refractivity contribution in [3.63, 3.8) is 0 Å². The number of hydrogen-bond acceptors (Lipinski definition) is 5. The first-order valence-corrected chi connectivity index (χ1v) is 9.52. The van der Waals surface area contributed by atoms with Crippen LogP contribution in [0.5, 0.6) is 5.75 Å². The number of nitrogens with one attached hydrogen (secondary N) is 1. The van der Waals surface area contributed by atoms with E-state index in [9.17, 15) is 4.79 Å². The molecule has 0 aliphatic carbocycles. The van der Waals surface area contributed by atoms with Crippen LogP contribution < -0.4 is 15.1 Å². The highest BCUT2D eigenvalue weighted by Crippen LogP contribution is 2.15. The van der Waals surface area contributed by atoms with E-state index in [0.29, 0.717) is 31.1 Å². The van der Waals surface area contributed by atoms with Crippen molar-refractivity contribution in [1.29, 1.82) is 0 Å². The minimum absolute atomic E-state index is 0.174. The number of benzene rings is 2. The zero-order valence-electron chi connectivity index (χ0n) is 16.7. The summed E-state index contributed by atoms with van der Waals surface area (Å²) >= 11 is 0. The third kappa shape index (κ3) is 6.05. The van der Waals surface area contributed by atoms with Gasteiger partial charge in [-0.15, -0.1) is 0 Å². The predicted molar refractivity (Wildman–Crippen MR) is 113 cm³/mol. The number of amides is 1. The van der Waals surface area contributed by atoms with E-state index in [0.717, 1.165) is 16.9 Å². The lowest BCUT2D eigenvalue weighted by atomic mass is 10.2. The fourth-order valence-corrected chi connectivity index (χ4v) is 2.70. The van der Waals surface area contributed by atoms with Gasteiger partial charge < -0.3 is 10.1 Å². The standard InChI is InChI=1S/C23H25N3O3/c1-3-29-26(2)22-14-11-20(16-24-22)23(27)25-15-18-9-12-21(13-10-18)28-17-19-7-5-4-6-8-19/h4-14,16H,3,15,17H2,1-2H3,(H,25,27). The molecule has 0 spiro atoms. The highest BCUT2D eigenvalue weighted by atomic mass is 16.7. The summed E-state index contributed by atoms with van der Waals surface area (Å²) in [4.78, 5) is 21.9. The highest BCUT2D eigenvalue weighted by molar-refractivity contribution is 5.94. The molecule has 0 radical (unpaired) electrons. The summed E-state index contributed by atoms with van der Waals surface area (Å²) in [6, 6.07) is 21.2. The largest absolute Gasteiger partial charge is 0.489 e. The summed E-state index contributed by atoms with van der Waals surface area (Å²) in [6.07, 6.45) is 1.54. The van der Waals surface area contributed by atoms with E-state index < -0.39 is 0 Å². The lowest BCUT2D eigenvalue weighted by Crippen LogP contribution is -2.23. The van der Waals surface area contributed by atoms with Crippen LogP contribution in [0.4, 0.5) is 5.82 Å². The van der Waals surface area contributed by atoms with Crippen LogP contribution in [0.25, 0.3) is 0 Å². The molecule has 3 rings (SSSR count). The van der Waals surface area contributed by atoms with Gasteiger partial charge in [-0.2, -0.15) is 0 Å². The van der Waals surface area contributed by atoms with Crippen molar-refractivity contribution in [1.82, 2.24) is 10.3 Å². The Hall–Kier alpha value is -3.38. The summed E-state index contributed by atoms with van der Waals surface area (Å²) in [5.41, 5.74) is 2.61. The van der Waals surface area contributed by atoms with Crippen molar-refractivity contribution < 1.29 is 14.4 Å². The molecule has 6 nitrogen and oxygen atoms in total. The lowest BCUT2D eigenvalue weighted by Gasteiger charge is -2.16. The van der Waals surface area contributed by atoms with Crippen LogP contribution in [0, 0.1) is 0 Å². The Bertz CT molecular complexity index is 897. The van der Waals surface area contributed by atoms with Crippen LogP contribution in [0.3, 0.4) is 0 Å². The maximum Gasteiger partial charge on any atom is 0.253 e. The molecule has 0 atom stereocenters. The van der Waals surface area contributed by atoms with E-state index >= 15 is 0 Å².